The molecule has 1 aliphatic rings. The van der Waals surface area contributed by atoms with Gasteiger partial charge >= 0.3 is 0 Å². The van der Waals surface area contributed by atoms with Gasteiger partial charge < -0.3 is 5.73 Å². The molecule has 0 spiro atoms. The Hall–Kier alpha value is -0.820. The van der Waals surface area contributed by atoms with E-state index in [9.17, 15) is 0 Å². The van der Waals surface area contributed by atoms with Crippen molar-refractivity contribution in [2.24, 2.45) is 5.73 Å². The Labute approximate surface area is 86.3 Å². The van der Waals surface area contributed by atoms with E-state index in [-0.39, 0.29) is 5.54 Å². The molecular formula is C13H18N. The zero-order valence-electron chi connectivity index (χ0n) is 8.58. The number of nitrogens with two attached hydrogens (primary N) is 1. The van der Waals surface area contributed by atoms with Crippen LogP contribution in [0.5, 0.6) is 0 Å². The highest BCUT2D eigenvalue weighted by Gasteiger charge is 2.27. The molecule has 75 valence electrons. The van der Waals surface area contributed by atoms with Crippen LogP contribution in [0.2, 0.25) is 0 Å². The van der Waals surface area contributed by atoms with E-state index in [1.807, 2.05) is 0 Å². The lowest BCUT2D eigenvalue weighted by atomic mass is 9.78. The second-order valence-electron chi connectivity index (χ2n) is 4.41. The summed E-state index contributed by atoms with van der Waals surface area (Å²) in [7, 11) is 0. The molecule has 2 rings (SSSR count). The molecule has 0 amide bonds. The molecule has 0 bridgehead atoms. The van der Waals surface area contributed by atoms with E-state index in [1.165, 1.54) is 24.8 Å². The van der Waals surface area contributed by atoms with Crippen LogP contribution in [0.15, 0.2) is 30.3 Å². The van der Waals surface area contributed by atoms with Crippen LogP contribution in [-0.2, 0) is 6.42 Å². The monoisotopic (exact) mass is 188 g/mol. The highest BCUT2D eigenvalue weighted by Crippen LogP contribution is 2.28. The van der Waals surface area contributed by atoms with Gasteiger partial charge in [0.15, 0.2) is 0 Å². The molecule has 0 aliphatic heterocycles. The third-order valence-electron chi connectivity index (χ3n) is 3.03. The minimum Gasteiger partial charge on any atom is -0.325 e. The van der Waals surface area contributed by atoms with E-state index < -0.39 is 0 Å². The maximum absolute atomic E-state index is 6.36. The summed E-state index contributed by atoms with van der Waals surface area (Å²) in [5.41, 5.74) is 7.75. The molecular weight excluding hydrogens is 170 g/mol. The third-order valence-corrected chi connectivity index (χ3v) is 3.03. The Morgan fingerprint density at radius 3 is 2.64 bits per heavy atom. The van der Waals surface area contributed by atoms with Gasteiger partial charge in [-0.05, 0) is 31.2 Å². The summed E-state index contributed by atoms with van der Waals surface area (Å²) < 4.78 is 0. The zero-order valence-corrected chi connectivity index (χ0v) is 8.58. The minimum atomic E-state index is 0.0274. The third kappa shape index (κ3) is 2.36. The van der Waals surface area contributed by atoms with Crippen LogP contribution >= 0.6 is 0 Å². The molecule has 1 radical (unpaired) electrons. The fraction of sp³-hybridized carbons (Fsp3) is 0.462. The van der Waals surface area contributed by atoms with Crippen LogP contribution in [0.3, 0.4) is 0 Å². The van der Waals surface area contributed by atoms with Crippen LogP contribution in [0.4, 0.5) is 0 Å². The van der Waals surface area contributed by atoms with Crippen molar-refractivity contribution < 1.29 is 0 Å². The van der Waals surface area contributed by atoms with Crippen molar-refractivity contribution in [1.82, 2.24) is 0 Å². The molecule has 2 N–H and O–H groups in total. The Bertz CT molecular complexity index is 273. The van der Waals surface area contributed by atoms with Gasteiger partial charge in [-0.2, -0.15) is 0 Å². The summed E-state index contributed by atoms with van der Waals surface area (Å²) in [4.78, 5) is 0. The standard InChI is InChI=1S/C13H18N/c14-13(9-5-2-6-10-13)11-12-7-3-1-4-8-12/h1,3-5,7-8H,2,6,9-11,14H2. The lowest BCUT2D eigenvalue weighted by Crippen LogP contribution is -2.43. The lowest BCUT2D eigenvalue weighted by molar-refractivity contribution is 0.337. The van der Waals surface area contributed by atoms with Gasteiger partial charge in [-0.25, -0.2) is 0 Å². The van der Waals surface area contributed by atoms with Crippen molar-refractivity contribution in [2.45, 2.75) is 37.6 Å². The summed E-state index contributed by atoms with van der Waals surface area (Å²) >= 11 is 0. The Morgan fingerprint density at radius 2 is 2.00 bits per heavy atom. The summed E-state index contributed by atoms with van der Waals surface area (Å²) in [5, 5.41) is 0. The smallest absolute Gasteiger partial charge is 0.0197 e. The molecule has 1 aromatic carbocycles. The summed E-state index contributed by atoms with van der Waals surface area (Å²) in [5.74, 6) is 0. The van der Waals surface area contributed by atoms with E-state index in [2.05, 4.69) is 36.8 Å². The van der Waals surface area contributed by atoms with E-state index >= 15 is 0 Å². The maximum Gasteiger partial charge on any atom is 0.0197 e. The predicted octanol–water partition coefficient (Wildman–Crippen LogP) is 2.70. The Morgan fingerprint density at radius 1 is 1.21 bits per heavy atom. The van der Waals surface area contributed by atoms with Crippen molar-refractivity contribution in [3.05, 3.63) is 42.3 Å². The quantitative estimate of drug-likeness (QED) is 0.758. The van der Waals surface area contributed by atoms with Crippen molar-refractivity contribution >= 4 is 0 Å². The molecule has 14 heavy (non-hydrogen) atoms. The Balaban J connectivity index is 2.02. The molecule has 1 fully saturated rings. The van der Waals surface area contributed by atoms with Gasteiger partial charge in [0, 0.05) is 5.54 Å². The highest BCUT2D eigenvalue weighted by atomic mass is 14.7. The number of benzene rings is 1. The number of hydrogen-bond acceptors (Lipinski definition) is 1. The van der Waals surface area contributed by atoms with E-state index in [1.54, 1.807) is 0 Å². The number of rotatable bonds is 2. The number of hydrogen-bond donors (Lipinski definition) is 1. The zero-order chi connectivity index (χ0) is 9.86. The second kappa shape index (κ2) is 4.14. The van der Waals surface area contributed by atoms with Gasteiger partial charge in [0.1, 0.15) is 0 Å². The van der Waals surface area contributed by atoms with E-state index in [0.29, 0.717) is 0 Å². The van der Waals surface area contributed by atoms with E-state index in [0.717, 1.165) is 12.8 Å². The first kappa shape index (κ1) is 9.72. The molecule has 1 atom stereocenters. The molecule has 0 saturated heterocycles. The van der Waals surface area contributed by atoms with E-state index in [4.69, 9.17) is 5.73 Å². The SMILES string of the molecule is NC1(Cc2ccccc2)C[CH]CCC1. The van der Waals surface area contributed by atoms with Gasteiger partial charge in [0.25, 0.3) is 0 Å². The van der Waals surface area contributed by atoms with Gasteiger partial charge in [-0.1, -0.05) is 43.2 Å². The first-order valence-corrected chi connectivity index (χ1v) is 5.43. The maximum atomic E-state index is 6.36. The molecule has 1 nitrogen and oxygen atoms in total. The Kier molecular flexibility index (Phi) is 2.87. The molecule has 0 aromatic heterocycles. The minimum absolute atomic E-state index is 0.0274. The van der Waals surface area contributed by atoms with Crippen LogP contribution in [0, 0.1) is 6.42 Å². The highest BCUT2D eigenvalue weighted by molar-refractivity contribution is 5.18. The molecule has 1 saturated carbocycles. The second-order valence-corrected chi connectivity index (χ2v) is 4.41. The summed E-state index contributed by atoms with van der Waals surface area (Å²) in [6, 6.07) is 10.6. The van der Waals surface area contributed by atoms with Crippen molar-refractivity contribution in [3.63, 3.8) is 0 Å². The molecule has 1 heteroatoms. The molecule has 1 unspecified atom stereocenters. The van der Waals surface area contributed by atoms with Gasteiger partial charge in [0.2, 0.25) is 0 Å². The summed E-state index contributed by atoms with van der Waals surface area (Å²) in [6.45, 7) is 0. The first-order valence-electron chi connectivity index (χ1n) is 5.43. The van der Waals surface area contributed by atoms with Crippen molar-refractivity contribution in [3.8, 4) is 0 Å². The van der Waals surface area contributed by atoms with Crippen LogP contribution in [-0.4, -0.2) is 5.54 Å². The molecule has 1 aliphatic carbocycles. The van der Waals surface area contributed by atoms with Crippen molar-refractivity contribution in [2.75, 3.05) is 0 Å². The molecule has 1 aromatic rings. The largest absolute Gasteiger partial charge is 0.325 e. The molecule has 0 heterocycles. The fourth-order valence-corrected chi connectivity index (χ4v) is 2.25. The first-order chi connectivity index (χ1) is 6.79. The fourth-order valence-electron chi connectivity index (χ4n) is 2.25. The average Bonchev–Trinajstić information content (AvgIpc) is 2.19. The van der Waals surface area contributed by atoms with Gasteiger partial charge in [-0.15, -0.1) is 0 Å². The van der Waals surface area contributed by atoms with Crippen LogP contribution < -0.4 is 5.73 Å². The lowest BCUT2D eigenvalue weighted by Gasteiger charge is -2.33. The summed E-state index contributed by atoms with van der Waals surface area (Å²) in [6.07, 6.45) is 8.09. The van der Waals surface area contributed by atoms with Crippen LogP contribution in [0.25, 0.3) is 0 Å². The van der Waals surface area contributed by atoms with Crippen molar-refractivity contribution in [1.29, 1.82) is 0 Å². The normalized spacial score (nSPS) is 20.6. The van der Waals surface area contributed by atoms with Gasteiger partial charge in [0.05, 0.1) is 0 Å². The predicted molar refractivity (Wildman–Crippen MR) is 59.8 cm³/mol. The average molecular weight is 188 g/mol. The van der Waals surface area contributed by atoms with Gasteiger partial charge in [-0.3, -0.25) is 0 Å². The topological polar surface area (TPSA) is 26.0 Å². The van der Waals surface area contributed by atoms with Crippen LogP contribution in [0.1, 0.15) is 31.2 Å².